The molecule has 0 bridgehead atoms. The van der Waals surface area contributed by atoms with E-state index in [1.807, 2.05) is 30.3 Å². The van der Waals surface area contributed by atoms with Crippen LogP contribution >= 0.6 is 0 Å². The largest absolute Gasteiger partial charge is 0.323 e. The van der Waals surface area contributed by atoms with Gasteiger partial charge in [0.1, 0.15) is 5.54 Å². The summed E-state index contributed by atoms with van der Waals surface area (Å²) < 4.78 is 0. The van der Waals surface area contributed by atoms with E-state index < -0.39 is 5.54 Å². The average Bonchev–Trinajstić information content (AvgIpc) is 2.41. The van der Waals surface area contributed by atoms with Crippen LogP contribution in [0.2, 0.25) is 0 Å². The predicted molar refractivity (Wildman–Crippen MR) is 70.8 cm³/mol. The van der Waals surface area contributed by atoms with E-state index in [9.17, 15) is 4.79 Å². The average molecular weight is 241 g/mol. The van der Waals surface area contributed by atoms with Crippen molar-refractivity contribution < 1.29 is 4.79 Å². The molecule has 3 N–H and O–H groups in total. The van der Waals surface area contributed by atoms with Gasteiger partial charge in [0, 0.05) is 6.20 Å². The SMILES string of the molecule is CC(N)(C(=O)Nc1cccnc1)c1ccccc1. The number of rotatable bonds is 3. The van der Waals surface area contributed by atoms with Crippen LogP contribution in [-0.4, -0.2) is 10.9 Å². The summed E-state index contributed by atoms with van der Waals surface area (Å²) in [7, 11) is 0. The number of pyridine rings is 1. The molecular weight excluding hydrogens is 226 g/mol. The van der Waals surface area contributed by atoms with E-state index in [1.54, 1.807) is 31.5 Å². The Labute approximate surface area is 106 Å². The second-order valence-electron chi connectivity index (χ2n) is 4.26. The van der Waals surface area contributed by atoms with E-state index in [-0.39, 0.29) is 5.91 Å². The van der Waals surface area contributed by atoms with Crippen molar-refractivity contribution >= 4 is 11.6 Å². The van der Waals surface area contributed by atoms with Gasteiger partial charge in [-0.1, -0.05) is 30.3 Å². The number of hydrogen-bond acceptors (Lipinski definition) is 3. The van der Waals surface area contributed by atoms with Crippen molar-refractivity contribution in [3.8, 4) is 0 Å². The van der Waals surface area contributed by atoms with Crippen LogP contribution in [0, 0.1) is 0 Å². The zero-order valence-electron chi connectivity index (χ0n) is 10.1. The van der Waals surface area contributed by atoms with Gasteiger partial charge >= 0.3 is 0 Å². The highest BCUT2D eigenvalue weighted by molar-refractivity contribution is 5.98. The summed E-state index contributed by atoms with van der Waals surface area (Å²) in [5.41, 5.74) is 6.43. The Bertz CT molecular complexity index is 523. The van der Waals surface area contributed by atoms with Crippen LogP contribution in [0.5, 0.6) is 0 Å². The molecule has 4 nitrogen and oxygen atoms in total. The molecule has 2 rings (SSSR count). The quantitative estimate of drug-likeness (QED) is 0.862. The molecule has 18 heavy (non-hydrogen) atoms. The third-order valence-corrected chi connectivity index (χ3v) is 2.76. The van der Waals surface area contributed by atoms with Crippen LogP contribution in [0.15, 0.2) is 54.9 Å². The van der Waals surface area contributed by atoms with E-state index in [4.69, 9.17) is 5.73 Å². The highest BCUT2D eigenvalue weighted by atomic mass is 16.2. The lowest BCUT2D eigenvalue weighted by Crippen LogP contribution is -2.45. The zero-order chi connectivity index (χ0) is 13.0. The lowest BCUT2D eigenvalue weighted by molar-refractivity contribution is -0.120. The standard InChI is InChI=1S/C14H15N3O/c1-14(15,11-6-3-2-4-7-11)13(18)17-12-8-5-9-16-10-12/h2-10H,15H2,1H3,(H,17,18). The van der Waals surface area contributed by atoms with Gasteiger partial charge in [-0.05, 0) is 24.6 Å². The lowest BCUT2D eigenvalue weighted by Gasteiger charge is -2.23. The predicted octanol–water partition coefficient (Wildman–Crippen LogP) is 1.89. The molecule has 92 valence electrons. The van der Waals surface area contributed by atoms with Gasteiger partial charge in [-0.2, -0.15) is 0 Å². The number of aromatic nitrogens is 1. The summed E-state index contributed by atoms with van der Waals surface area (Å²) in [6.45, 7) is 1.69. The lowest BCUT2D eigenvalue weighted by atomic mass is 9.92. The first kappa shape index (κ1) is 12.3. The van der Waals surface area contributed by atoms with Crippen molar-refractivity contribution in [1.82, 2.24) is 4.98 Å². The van der Waals surface area contributed by atoms with Crippen LogP contribution in [-0.2, 0) is 10.3 Å². The van der Waals surface area contributed by atoms with Gasteiger partial charge in [0.05, 0.1) is 11.9 Å². The van der Waals surface area contributed by atoms with Crippen LogP contribution in [0.25, 0.3) is 0 Å². The van der Waals surface area contributed by atoms with E-state index in [0.717, 1.165) is 5.56 Å². The molecule has 0 aliphatic carbocycles. The molecule has 0 fully saturated rings. The van der Waals surface area contributed by atoms with Crippen LogP contribution < -0.4 is 11.1 Å². The topological polar surface area (TPSA) is 68.0 Å². The first-order valence-electron chi connectivity index (χ1n) is 5.66. The monoisotopic (exact) mass is 241 g/mol. The minimum atomic E-state index is -1.07. The Balaban J connectivity index is 2.18. The molecule has 0 aliphatic heterocycles. The Morgan fingerprint density at radius 3 is 2.56 bits per heavy atom. The Morgan fingerprint density at radius 1 is 1.22 bits per heavy atom. The maximum atomic E-state index is 12.2. The molecule has 0 saturated carbocycles. The number of nitrogens with two attached hydrogens (primary N) is 1. The molecule has 1 unspecified atom stereocenters. The third kappa shape index (κ3) is 2.55. The molecule has 0 spiro atoms. The molecule has 0 radical (unpaired) electrons. The van der Waals surface area contributed by atoms with Crippen LogP contribution in [0.3, 0.4) is 0 Å². The summed E-state index contributed by atoms with van der Waals surface area (Å²) in [6.07, 6.45) is 3.23. The highest BCUT2D eigenvalue weighted by Crippen LogP contribution is 2.19. The van der Waals surface area contributed by atoms with Crippen molar-refractivity contribution in [2.24, 2.45) is 5.73 Å². The van der Waals surface area contributed by atoms with Gasteiger partial charge in [0.25, 0.3) is 0 Å². The highest BCUT2D eigenvalue weighted by Gasteiger charge is 2.30. The van der Waals surface area contributed by atoms with E-state index in [0.29, 0.717) is 5.69 Å². The Kier molecular flexibility index (Phi) is 3.39. The molecule has 1 aromatic carbocycles. The van der Waals surface area contributed by atoms with Crippen LogP contribution in [0.4, 0.5) is 5.69 Å². The van der Waals surface area contributed by atoms with Crippen LogP contribution in [0.1, 0.15) is 12.5 Å². The maximum absolute atomic E-state index is 12.2. The summed E-state index contributed by atoms with van der Waals surface area (Å²) in [5.74, 6) is -0.262. The van der Waals surface area contributed by atoms with Gasteiger partial charge in [-0.15, -0.1) is 0 Å². The summed E-state index contributed by atoms with van der Waals surface area (Å²) in [6, 6.07) is 12.8. The number of amides is 1. The normalized spacial score (nSPS) is 13.7. The molecule has 1 aromatic heterocycles. The number of carbonyl (C=O) groups is 1. The van der Waals surface area contributed by atoms with E-state index in [2.05, 4.69) is 10.3 Å². The second kappa shape index (κ2) is 4.98. The van der Waals surface area contributed by atoms with Crippen molar-refractivity contribution in [3.05, 3.63) is 60.4 Å². The van der Waals surface area contributed by atoms with Gasteiger partial charge in [0.15, 0.2) is 0 Å². The molecule has 4 heteroatoms. The smallest absolute Gasteiger partial charge is 0.248 e. The molecule has 1 amide bonds. The van der Waals surface area contributed by atoms with E-state index >= 15 is 0 Å². The van der Waals surface area contributed by atoms with Crippen molar-refractivity contribution in [3.63, 3.8) is 0 Å². The van der Waals surface area contributed by atoms with E-state index in [1.165, 1.54) is 0 Å². The number of nitrogens with one attached hydrogen (secondary N) is 1. The number of carbonyl (C=O) groups excluding carboxylic acids is 1. The zero-order valence-corrected chi connectivity index (χ0v) is 10.1. The molecule has 1 atom stereocenters. The fraction of sp³-hybridized carbons (Fsp3) is 0.143. The number of nitrogens with zero attached hydrogens (tertiary/aromatic N) is 1. The first-order chi connectivity index (χ1) is 8.60. The fourth-order valence-corrected chi connectivity index (χ4v) is 1.61. The third-order valence-electron chi connectivity index (χ3n) is 2.76. The maximum Gasteiger partial charge on any atom is 0.248 e. The van der Waals surface area contributed by atoms with Crippen molar-refractivity contribution in [2.45, 2.75) is 12.5 Å². The summed E-state index contributed by atoms with van der Waals surface area (Å²) in [4.78, 5) is 16.1. The Hall–Kier alpha value is -2.20. The molecule has 1 heterocycles. The number of hydrogen-bond donors (Lipinski definition) is 2. The van der Waals surface area contributed by atoms with Gasteiger partial charge in [-0.25, -0.2) is 0 Å². The Morgan fingerprint density at radius 2 is 1.94 bits per heavy atom. The molecular formula is C14H15N3O. The number of anilines is 1. The van der Waals surface area contributed by atoms with Gasteiger partial charge < -0.3 is 11.1 Å². The number of benzene rings is 1. The molecule has 2 aromatic rings. The minimum Gasteiger partial charge on any atom is -0.323 e. The second-order valence-corrected chi connectivity index (χ2v) is 4.26. The first-order valence-corrected chi connectivity index (χ1v) is 5.66. The van der Waals surface area contributed by atoms with Crippen molar-refractivity contribution in [1.29, 1.82) is 0 Å². The van der Waals surface area contributed by atoms with Gasteiger partial charge in [-0.3, -0.25) is 9.78 Å². The molecule has 0 aliphatic rings. The summed E-state index contributed by atoms with van der Waals surface area (Å²) in [5, 5.41) is 2.75. The van der Waals surface area contributed by atoms with Crippen molar-refractivity contribution in [2.75, 3.05) is 5.32 Å². The molecule has 0 saturated heterocycles. The van der Waals surface area contributed by atoms with Gasteiger partial charge in [0.2, 0.25) is 5.91 Å². The summed E-state index contributed by atoms with van der Waals surface area (Å²) >= 11 is 0. The fourth-order valence-electron chi connectivity index (χ4n) is 1.61. The minimum absolute atomic E-state index is 0.262.